The molecule has 0 aromatic carbocycles. The number of hydrogen-bond acceptors (Lipinski definition) is 3. The highest BCUT2D eigenvalue weighted by atomic mass is 19.4. The minimum absolute atomic E-state index is 0.275. The van der Waals surface area contributed by atoms with E-state index in [0.717, 1.165) is 4.57 Å². The third-order valence-corrected chi connectivity index (χ3v) is 2.17. The molecule has 0 amide bonds. The molecule has 0 spiro atoms. The van der Waals surface area contributed by atoms with Gasteiger partial charge in [0.1, 0.15) is 5.82 Å². The number of hydrogen-bond donors (Lipinski definition) is 2. The predicted molar refractivity (Wildman–Crippen MR) is 46.8 cm³/mol. The van der Waals surface area contributed by atoms with Crippen LogP contribution in [0.15, 0.2) is 12.4 Å². The van der Waals surface area contributed by atoms with E-state index in [9.17, 15) is 18.3 Å². The van der Waals surface area contributed by atoms with Crippen LogP contribution >= 0.6 is 0 Å². The van der Waals surface area contributed by atoms with Gasteiger partial charge in [0.15, 0.2) is 0 Å². The van der Waals surface area contributed by atoms with Gasteiger partial charge in [-0.25, -0.2) is 4.98 Å². The van der Waals surface area contributed by atoms with Crippen molar-refractivity contribution in [2.24, 2.45) is 12.8 Å². The highest BCUT2D eigenvalue weighted by molar-refractivity contribution is 5.08. The van der Waals surface area contributed by atoms with Gasteiger partial charge >= 0.3 is 6.18 Å². The van der Waals surface area contributed by atoms with Gasteiger partial charge in [0, 0.05) is 25.9 Å². The third-order valence-electron chi connectivity index (χ3n) is 2.17. The lowest BCUT2D eigenvalue weighted by atomic mass is 9.98. The number of aliphatic hydroxyl groups is 1. The highest BCUT2D eigenvalue weighted by Gasteiger charge is 2.56. The van der Waals surface area contributed by atoms with E-state index in [1.54, 1.807) is 0 Å². The first kappa shape index (κ1) is 12.0. The summed E-state index contributed by atoms with van der Waals surface area (Å²) in [5.74, 6) is -0.444. The molecule has 0 fully saturated rings. The summed E-state index contributed by atoms with van der Waals surface area (Å²) >= 11 is 0. The second-order valence-corrected chi connectivity index (χ2v) is 3.26. The molecule has 1 atom stereocenters. The van der Waals surface area contributed by atoms with Gasteiger partial charge in [-0.05, 0) is 6.54 Å². The van der Waals surface area contributed by atoms with Crippen LogP contribution in [0.1, 0.15) is 12.2 Å². The molecule has 0 bridgehead atoms. The molecule has 1 unspecified atom stereocenters. The standard InChI is InChI=1S/C8H12F3N3O/c1-14-5-4-13-6(14)7(15,2-3-12)8(9,10)11/h4-5,15H,2-3,12H2,1H3. The maximum Gasteiger partial charge on any atom is 0.424 e. The van der Waals surface area contributed by atoms with E-state index in [-0.39, 0.29) is 6.54 Å². The third kappa shape index (κ3) is 1.98. The van der Waals surface area contributed by atoms with Gasteiger partial charge in [-0.1, -0.05) is 0 Å². The van der Waals surface area contributed by atoms with Crippen LogP contribution in [0.5, 0.6) is 0 Å². The Kier molecular flexibility index (Phi) is 3.05. The van der Waals surface area contributed by atoms with Gasteiger partial charge in [0.25, 0.3) is 0 Å². The average molecular weight is 223 g/mol. The molecular formula is C8H12F3N3O. The molecule has 0 saturated carbocycles. The van der Waals surface area contributed by atoms with Gasteiger partial charge in [-0.3, -0.25) is 0 Å². The van der Waals surface area contributed by atoms with Crippen molar-refractivity contribution in [3.05, 3.63) is 18.2 Å². The highest BCUT2D eigenvalue weighted by Crippen LogP contribution is 2.40. The Balaban J connectivity index is 3.19. The minimum atomic E-state index is -4.79. The van der Waals surface area contributed by atoms with Crippen molar-refractivity contribution >= 4 is 0 Å². The molecule has 1 rings (SSSR count). The van der Waals surface area contributed by atoms with E-state index < -0.39 is 24.0 Å². The molecule has 0 radical (unpaired) electrons. The molecule has 0 aliphatic rings. The maximum absolute atomic E-state index is 12.7. The number of halogens is 3. The Morgan fingerprint density at radius 1 is 1.53 bits per heavy atom. The van der Waals surface area contributed by atoms with E-state index in [4.69, 9.17) is 5.73 Å². The first-order chi connectivity index (χ1) is 6.83. The van der Waals surface area contributed by atoms with Crippen LogP contribution in [0.4, 0.5) is 13.2 Å². The second-order valence-electron chi connectivity index (χ2n) is 3.26. The fraction of sp³-hybridized carbons (Fsp3) is 0.625. The van der Waals surface area contributed by atoms with Crippen LogP contribution in [0.25, 0.3) is 0 Å². The smallest absolute Gasteiger partial charge is 0.374 e. The Bertz CT molecular complexity index is 336. The Hall–Kier alpha value is -1.08. The summed E-state index contributed by atoms with van der Waals surface area (Å²) < 4.78 is 39.2. The Labute approximate surface area is 84.5 Å². The van der Waals surface area contributed by atoms with Gasteiger partial charge in [0.05, 0.1) is 0 Å². The van der Waals surface area contributed by atoms with E-state index in [0.29, 0.717) is 0 Å². The van der Waals surface area contributed by atoms with E-state index in [1.807, 2.05) is 0 Å². The van der Waals surface area contributed by atoms with E-state index in [2.05, 4.69) is 4.98 Å². The van der Waals surface area contributed by atoms with Crippen molar-refractivity contribution in [1.29, 1.82) is 0 Å². The first-order valence-corrected chi connectivity index (χ1v) is 4.30. The lowest BCUT2D eigenvalue weighted by Gasteiger charge is -2.29. The Morgan fingerprint density at radius 2 is 2.13 bits per heavy atom. The number of aromatic nitrogens is 2. The summed E-state index contributed by atoms with van der Waals surface area (Å²) in [5, 5.41) is 9.60. The first-order valence-electron chi connectivity index (χ1n) is 4.30. The summed E-state index contributed by atoms with van der Waals surface area (Å²) in [6.07, 6.45) is -2.86. The van der Waals surface area contributed by atoms with Crippen molar-refractivity contribution in [3.63, 3.8) is 0 Å². The zero-order chi connectivity index (χ0) is 11.7. The van der Waals surface area contributed by atoms with Crippen LogP contribution in [0, 0.1) is 0 Å². The number of nitrogens with zero attached hydrogens (tertiary/aromatic N) is 2. The summed E-state index contributed by atoms with van der Waals surface area (Å²) in [6.45, 7) is -0.275. The topological polar surface area (TPSA) is 64.1 Å². The molecule has 1 aromatic heterocycles. The van der Waals surface area contributed by atoms with E-state index in [1.165, 1.54) is 19.4 Å². The quantitative estimate of drug-likeness (QED) is 0.785. The summed E-state index contributed by atoms with van der Waals surface area (Å²) in [7, 11) is 1.38. The molecule has 1 aromatic rings. The van der Waals surface area contributed by atoms with Crippen LogP contribution < -0.4 is 5.73 Å². The lowest BCUT2D eigenvalue weighted by molar-refractivity contribution is -0.272. The minimum Gasteiger partial charge on any atom is -0.374 e. The summed E-state index contributed by atoms with van der Waals surface area (Å²) in [5.41, 5.74) is 2.10. The molecule has 4 nitrogen and oxygen atoms in total. The monoisotopic (exact) mass is 223 g/mol. The maximum atomic E-state index is 12.7. The van der Waals surface area contributed by atoms with Crippen LogP contribution in [-0.4, -0.2) is 27.4 Å². The molecule has 0 aliphatic heterocycles. The SMILES string of the molecule is Cn1ccnc1C(O)(CCN)C(F)(F)F. The number of rotatable bonds is 3. The molecule has 0 saturated heterocycles. The molecule has 15 heavy (non-hydrogen) atoms. The number of nitrogens with two attached hydrogens (primary N) is 1. The largest absolute Gasteiger partial charge is 0.424 e. The van der Waals surface area contributed by atoms with Crippen LogP contribution in [0.3, 0.4) is 0 Å². The molecule has 1 heterocycles. The number of imidazole rings is 1. The average Bonchev–Trinajstić information content (AvgIpc) is 2.50. The summed E-state index contributed by atoms with van der Waals surface area (Å²) in [6, 6.07) is 0. The normalized spacial score (nSPS) is 16.4. The van der Waals surface area contributed by atoms with Gasteiger partial charge in [-0.2, -0.15) is 13.2 Å². The fourth-order valence-electron chi connectivity index (χ4n) is 1.35. The molecule has 0 aliphatic carbocycles. The summed E-state index contributed by atoms with van der Waals surface area (Å²) in [4.78, 5) is 3.51. The number of aryl methyl sites for hydroxylation is 1. The van der Waals surface area contributed by atoms with Gasteiger partial charge in [0.2, 0.25) is 5.60 Å². The van der Waals surface area contributed by atoms with Crippen molar-refractivity contribution in [1.82, 2.24) is 9.55 Å². The second kappa shape index (κ2) is 3.82. The van der Waals surface area contributed by atoms with Crippen LogP contribution in [-0.2, 0) is 12.6 Å². The molecular weight excluding hydrogens is 211 g/mol. The molecule has 86 valence electrons. The zero-order valence-electron chi connectivity index (χ0n) is 8.12. The lowest BCUT2D eigenvalue weighted by Crippen LogP contribution is -2.45. The van der Waals surface area contributed by atoms with Gasteiger partial charge < -0.3 is 15.4 Å². The van der Waals surface area contributed by atoms with Crippen molar-refractivity contribution < 1.29 is 18.3 Å². The molecule has 7 heteroatoms. The predicted octanol–water partition coefficient (Wildman–Crippen LogP) is 0.519. The van der Waals surface area contributed by atoms with Crippen molar-refractivity contribution in [2.45, 2.75) is 18.2 Å². The fourth-order valence-corrected chi connectivity index (χ4v) is 1.35. The Morgan fingerprint density at radius 3 is 2.47 bits per heavy atom. The molecule has 3 N–H and O–H groups in total. The zero-order valence-corrected chi connectivity index (χ0v) is 8.12. The van der Waals surface area contributed by atoms with Crippen molar-refractivity contribution in [2.75, 3.05) is 6.54 Å². The van der Waals surface area contributed by atoms with E-state index >= 15 is 0 Å². The number of alkyl halides is 3. The van der Waals surface area contributed by atoms with Gasteiger partial charge in [-0.15, -0.1) is 0 Å². The van der Waals surface area contributed by atoms with Crippen LogP contribution in [0.2, 0.25) is 0 Å². The van der Waals surface area contributed by atoms with Crippen molar-refractivity contribution in [3.8, 4) is 0 Å².